The molecule has 2 rings (SSSR count). The van der Waals surface area contributed by atoms with Gasteiger partial charge >= 0.3 is 0 Å². The largest absolute Gasteiger partial charge is 0.510 e. The smallest absolute Gasteiger partial charge is 0.219 e. The summed E-state index contributed by atoms with van der Waals surface area (Å²) in [6.45, 7) is 3.48. The first-order chi connectivity index (χ1) is 8.32. The van der Waals surface area contributed by atoms with Crippen molar-refractivity contribution in [2.75, 3.05) is 0 Å². The molecule has 1 aliphatic heterocycles. The number of halogens is 2. The molecule has 5 heteroatoms. The van der Waals surface area contributed by atoms with E-state index in [1.807, 2.05) is 6.92 Å². The maximum Gasteiger partial charge on any atom is 0.219 e. The zero-order valence-electron chi connectivity index (χ0n) is 9.96. The minimum atomic E-state index is -0.630. The van der Waals surface area contributed by atoms with Gasteiger partial charge in [0.25, 0.3) is 0 Å². The van der Waals surface area contributed by atoms with Crippen molar-refractivity contribution < 1.29 is 9.90 Å². The molecular weight excluding hydrogens is 291 g/mol. The van der Waals surface area contributed by atoms with Gasteiger partial charge in [0.15, 0.2) is 0 Å². The highest BCUT2D eigenvalue weighted by Crippen LogP contribution is 2.44. The van der Waals surface area contributed by atoms with Crippen LogP contribution < -0.4 is 0 Å². The van der Waals surface area contributed by atoms with Crippen LogP contribution >= 0.6 is 35.0 Å². The van der Waals surface area contributed by atoms with Gasteiger partial charge < -0.3 is 5.11 Å². The highest BCUT2D eigenvalue weighted by molar-refractivity contribution is 8.15. The molecule has 0 spiro atoms. The molecule has 0 fully saturated rings. The Kier molecular flexibility index (Phi) is 3.67. The van der Waals surface area contributed by atoms with Crippen molar-refractivity contribution in [3.63, 3.8) is 0 Å². The van der Waals surface area contributed by atoms with Gasteiger partial charge in [-0.05, 0) is 44.0 Å². The predicted octanol–water partition coefficient (Wildman–Crippen LogP) is 4.40. The van der Waals surface area contributed by atoms with Gasteiger partial charge in [-0.2, -0.15) is 0 Å². The van der Waals surface area contributed by atoms with Gasteiger partial charge in [-0.3, -0.25) is 4.79 Å². The molecule has 18 heavy (non-hydrogen) atoms. The Morgan fingerprint density at radius 1 is 1.28 bits per heavy atom. The van der Waals surface area contributed by atoms with Gasteiger partial charge in [-0.15, -0.1) is 0 Å². The van der Waals surface area contributed by atoms with Crippen molar-refractivity contribution in [2.24, 2.45) is 0 Å². The van der Waals surface area contributed by atoms with Crippen molar-refractivity contribution in [2.45, 2.75) is 25.0 Å². The SMILES string of the molecule is CC1=C(O)C(C)(Cc2cc(Cl)cc(Cl)c2)SC1=O. The third-order valence-electron chi connectivity index (χ3n) is 2.94. The first-order valence-electron chi connectivity index (χ1n) is 5.40. The topological polar surface area (TPSA) is 37.3 Å². The van der Waals surface area contributed by atoms with Gasteiger partial charge in [0.05, 0.1) is 4.75 Å². The fourth-order valence-electron chi connectivity index (χ4n) is 2.05. The lowest BCUT2D eigenvalue weighted by atomic mass is 9.96. The Hall–Kier alpha value is -0.640. The van der Waals surface area contributed by atoms with Crippen LogP contribution in [0.1, 0.15) is 19.4 Å². The molecule has 0 saturated heterocycles. The van der Waals surface area contributed by atoms with Gasteiger partial charge in [0, 0.05) is 15.6 Å². The second-order valence-electron chi connectivity index (χ2n) is 4.55. The van der Waals surface area contributed by atoms with Crippen molar-refractivity contribution >= 4 is 40.1 Å². The highest BCUT2D eigenvalue weighted by Gasteiger charge is 2.41. The summed E-state index contributed by atoms with van der Waals surface area (Å²) >= 11 is 13.0. The van der Waals surface area contributed by atoms with Crippen LogP contribution in [-0.4, -0.2) is 15.0 Å². The zero-order valence-corrected chi connectivity index (χ0v) is 12.3. The lowest BCUT2D eigenvalue weighted by Crippen LogP contribution is -2.23. The molecule has 1 N–H and O–H groups in total. The highest BCUT2D eigenvalue weighted by atomic mass is 35.5. The molecule has 96 valence electrons. The van der Waals surface area contributed by atoms with Crippen molar-refractivity contribution in [3.05, 3.63) is 45.1 Å². The molecule has 2 nitrogen and oxygen atoms in total. The number of rotatable bonds is 2. The number of thioether (sulfide) groups is 1. The van der Waals surface area contributed by atoms with E-state index >= 15 is 0 Å². The Bertz CT molecular complexity index is 534. The number of aliphatic hydroxyl groups excluding tert-OH is 1. The summed E-state index contributed by atoms with van der Waals surface area (Å²) in [5.74, 6) is 0.147. The molecule has 0 aromatic heterocycles. The van der Waals surface area contributed by atoms with E-state index in [2.05, 4.69) is 0 Å². The Morgan fingerprint density at radius 2 is 1.83 bits per heavy atom. The molecule has 0 bridgehead atoms. The number of hydrogen-bond acceptors (Lipinski definition) is 3. The molecule has 1 atom stereocenters. The maximum atomic E-state index is 11.6. The minimum Gasteiger partial charge on any atom is -0.510 e. The van der Waals surface area contributed by atoms with Crippen LogP contribution in [0.2, 0.25) is 10.0 Å². The molecule has 1 unspecified atom stereocenters. The first-order valence-corrected chi connectivity index (χ1v) is 6.98. The summed E-state index contributed by atoms with van der Waals surface area (Å²) in [5, 5.41) is 11.1. The molecule has 1 heterocycles. The van der Waals surface area contributed by atoms with E-state index in [1.165, 1.54) is 0 Å². The molecule has 0 saturated carbocycles. The van der Waals surface area contributed by atoms with Crippen LogP contribution in [0, 0.1) is 0 Å². The summed E-state index contributed by atoms with van der Waals surface area (Å²) in [6.07, 6.45) is 0.507. The Balaban J connectivity index is 2.32. The van der Waals surface area contributed by atoms with Crippen LogP contribution in [0.15, 0.2) is 29.5 Å². The number of carbonyl (C=O) groups is 1. The summed E-state index contributed by atoms with van der Waals surface area (Å²) in [7, 11) is 0. The number of aliphatic hydroxyl groups is 1. The molecule has 1 aliphatic rings. The van der Waals surface area contributed by atoms with E-state index in [1.54, 1.807) is 25.1 Å². The number of benzene rings is 1. The monoisotopic (exact) mass is 302 g/mol. The first kappa shape index (κ1) is 13.8. The lowest BCUT2D eigenvalue weighted by Gasteiger charge is -2.22. The van der Waals surface area contributed by atoms with Crippen LogP contribution in [0.5, 0.6) is 0 Å². The van der Waals surface area contributed by atoms with E-state index in [-0.39, 0.29) is 10.9 Å². The quantitative estimate of drug-likeness (QED) is 0.880. The summed E-state index contributed by atoms with van der Waals surface area (Å²) in [6, 6.07) is 5.25. The molecule has 0 aliphatic carbocycles. The molecular formula is C13H12Cl2O2S. The number of hydrogen-bond donors (Lipinski definition) is 1. The normalized spacial score (nSPS) is 23.9. The Morgan fingerprint density at radius 3 is 2.28 bits per heavy atom. The van der Waals surface area contributed by atoms with Crippen LogP contribution in [0.25, 0.3) is 0 Å². The molecule has 0 amide bonds. The van der Waals surface area contributed by atoms with Crippen molar-refractivity contribution in [1.29, 1.82) is 0 Å². The van der Waals surface area contributed by atoms with E-state index < -0.39 is 4.75 Å². The summed E-state index contributed by atoms with van der Waals surface area (Å²) in [5.41, 5.74) is 1.33. The third-order valence-corrected chi connectivity index (χ3v) is 4.66. The fraction of sp³-hybridized carbons (Fsp3) is 0.308. The lowest BCUT2D eigenvalue weighted by molar-refractivity contribution is -0.107. The van der Waals surface area contributed by atoms with E-state index in [9.17, 15) is 9.90 Å². The van der Waals surface area contributed by atoms with E-state index in [0.717, 1.165) is 17.3 Å². The summed E-state index contributed by atoms with van der Waals surface area (Å²) in [4.78, 5) is 11.6. The maximum absolute atomic E-state index is 11.6. The summed E-state index contributed by atoms with van der Waals surface area (Å²) < 4.78 is -0.630. The van der Waals surface area contributed by atoms with Crippen LogP contribution in [0.4, 0.5) is 0 Å². The second kappa shape index (κ2) is 4.80. The zero-order chi connectivity index (χ0) is 13.5. The van der Waals surface area contributed by atoms with Crippen molar-refractivity contribution in [1.82, 2.24) is 0 Å². The Labute approximate surface area is 120 Å². The van der Waals surface area contributed by atoms with E-state index in [4.69, 9.17) is 23.2 Å². The van der Waals surface area contributed by atoms with Gasteiger partial charge in [-0.1, -0.05) is 35.0 Å². The predicted molar refractivity (Wildman–Crippen MR) is 76.5 cm³/mol. The average molecular weight is 303 g/mol. The molecule has 1 aromatic rings. The van der Waals surface area contributed by atoms with Gasteiger partial charge in [0.1, 0.15) is 5.76 Å². The third kappa shape index (κ3) is 2.53. The van der Waals surface area contributed by atoms with Crippen LogP contribution in [0.3, 0.4) is 0 Å². The van der Waals surface area contributed by atoms with Crippen molar-refractivity contribution in [3.8, 4) is 0 Å². The van der Waals surface area contributed by atoms with Gasteiger partial charge in [0.2, 0.25) is 5.12 Å². The standard InChI is InChI=1S/C13H12Cl2O2S/c1-7-11(16)13(2,18-12(7)17)6-8-3-9(14)5-10(15)4-8/h3-5,16H,6H2,1-2H3. The average Bonchev–Trinajstić information content (AvgIpc) is 2.41. The minimum absolute atomic E-state index is 0.0804. The molecule has 0 radical (unpaired) electrons. The number of carbonyl (C=O) groups excluding carboxylic acids is 1. The fourth-order valence-corrected chi connectivity index (χ4v) is 3.76. The van der Waals surface area contributed by atoms with Crippen LogP contribution in [-0.2, 0) is 11.2 Å². The van der Waals surface area contributed by atoms with Gasteiger partial charge in [-0.25, -0.2) is 0 Å². The second-order valence-corrected chi connectivity index (χ2v) is 6.90. The molecule has 1 aromatic carbocycles. The van der Waals surface area contributed by atoms with E-state index in [0.29, 0.717) is 22.0 Å².